The molecule has 0 bridgehead atoms. The third kappa shape index (κ3) is 5.04. The molecule has 1 aliphatic heterocycles. The highest BCUT2D eigenvalue weighted by Crippen LogP contribution is 2.25. The first-order valence-corrected chi connectivity index (χ1v) is 10.3. The highest BCUT2D eigenvalue weighted by atomic mass is 35.5. The monoisotopic (exact) mass is 428 g/mol. The van der Waals surface area contributed by atoms with Gasteiger partial charge in [0.1, 0.15) is 5.82 Å². The summed E-state index contributed by atoms with van der Waals surface area (Å²) in [5, 5.41) is 7.56. The summed E-state index contributed by atoms with van der Waals surface area (Å²) in [6.07, 6.45) is 1.53. The van der Waals surface area contributed by atoms with E-state index in [-0.39, 0.29) is 17.6 Å². The molecular formula is C22H22ClFN4O2. The highest BCUT2D eigenvalue weighted by Gasteiger charge is 2.26. The largest absolute Gasteiger partial charge is 0.352 e. The number of hydrogen-bond acceptors (Lipinski definition) is 5. The van der Waals surface area contributed by atoms with E-state index in [1.807, 2.05) is 18.2 Å². The molecule has 1 aliphatic rings. The number of aromatic nitrogens is 2. The molecule has 0 unspecified atom stereocenters. The van der Waals surface area contributed by atoms with Crippen molar-refractivity contribution in [1.82, 2.24) is 20.4 Å². The number of halogens is 2. The zero-order valence-electron chi connectivity index (χ0n) is 16.4. The van der Waals surface area contributed by atoms with Crippen LogP contribution in [0.5, 0.6) is 0 Å². The molecule has 0 aliphatic carbocycles. The van der Waals surface area contributed by atoms with Crippen molar-refractivity contribution in [3.63, 3.8) is 0 Å². The Labute approximate surface area is 179 Å². The van der Waals surface area contributed by atoms with Crippen LogP contribution >= 0.6 is 11.6 Å². The molecule has 1 amide bonds. The SMILES string of the molecule is O=C(NCc1ccc(F)cc1)C1CCN(Cc2nc(-c3ccccc3Cl)no2)CC1. The number of benzene rings is 2. The number of likely N-dealkylation sites (tertiary alicyclic amines) is 1. The van der Waals surface area contributed by atoms with Gasteiger partial charge in [0, 0.05) is 18.0 Å². The summed E-state index contributed by atoms with van der Waals surface area (Å²) in [5.41, 5.74) is 1.62. The first-order chi connectivity index (χ1) is 14.6. The van der Waals surface area contributed by atoms with Gasteiger partial charge in [0.2, 0.25) is 17.6 Å². The van der Waals surface area contributed by atoms with Crippen molar-refractivity contribution in [3.8, 4) is 11.4 Å². The van der Waals surface area contributed by atoms with E-state index in [9.17, 15) is 9.18 Å². The summed E-state index contributed by atoms with van der Waals surface area (Å²) in [6, 6.07) is 13.5. The van der Waals surface area contributed by atoms with E-state index in [4.69, 9.17) is 16.1 Å². The van der Waals surface area contributed by atoms with Crippen LogP contribution in [0.4, 0.5) is 4.39 Å². The van der Waals surface area contributed by atoms with Crippen LogP contribution in [0.1, 0.15) is 24.3 Å². The van der Waals surface area contributed by atoms with Crippen molar-refractivity contribution in [3.05, 3.63) is 70.8 Å². The van der Waals surface area contributed by atoms with Gasteiger partial charge in [-0.15, -0.1) is 0 Å². The lowest BCUT2D eigenvalue weighted by molar-refractivity contribution is -0.126. The minimum atomic E-state index is -0.280. The van der Waals surface area contributed by atoms with Gasteiger partial charge in [-0.2, -0.15) is 4.98 Å². The number of rotatable bonds is 6. The lowest BCUT2D eigenvalue weighted by Crippen LogP contribution is -2.40. The fourth-order valence-corrected chi connectivity index (χ4v) is 3.77. The number of hydrogen-bond donors (Lipinski definition) is 1. The van der Waals surface area contributed by atoms with Crippen LogP contribution in [0, 0.1) is 11.7 Å². The van der Waals surface area contributed by atoms with Gasteiger partial charge in [0.05, 0.1) is 11.6 Å². The van der Waals surface area contributed by atoms with Crippen LogP contribution in [0.3, 0.4) is 0 Å². The Morgan fingerprint density at radius 3 is 2.63 bits per heavy atom. The first-order valence-electron chi connectivity index (χ1n) is 9.90. The van der Waals surface area contributed by atoms with Gasteiger partial charge in [-0.25, -0.2) is 4.39 Å². The number of piperidine rings is 1. The van der Waals surface area contributed by atoms with Gasteiger partial charge in [0.15, 0.2) is 0 Å². The van der Waals surface area contributed by atoms with Crippen molar-refractivity contribution < 1.29 is 13.7 Å². The molecule has 0 saturated carbocycles. The average Bonchev–Trinajstić information content (AvgIpc) is 3.22. The van der Waals surface area contributed by atoms with Gasteiger partial charge in [0.25, 0.3) is 0 Å². The van der Waals surface area contributed by atoms with Crippen molar-refractivity contribution in [2.24, 2.45) is 5.92 Å². The Balaban J connectivity index is 1.25. The lowest BCUT2D eigenvalue weighted by Gasteiger charge is -2.30. The van der Waals surface area contributed by atoms with Crippen LogP contribution in [-0.2, 0) is 17.9 Å². The third-order valence-corrected chi connectivity index (χ3v) is 5.61. The molecule has 1 fully saturated rings. The van der Waals surface area contributed by atoms with Gasteiger partial charge < -0.3 is 9.84 Å². The quantitative estimate of drug-likeness (QED) is 0.641. The van der Waals surface area contributed by atoms with Crippen molar-refractivity contribution in [2.75, 3.05) is 13.1 Å². The predicted octanol–water partition coefficient (Wildman–Crippen LogP) is 4.06. The minimum Gasteiger partial charge on any atom is -0.352 e. The first kappa shape index (κ1) is 20.5. The molecule has 156 valence electrons. The van der Waals surface area contributed by atoms with Crippen LogP contribution in [-0.4, -0.2) is 34.0 Å². The third-order valence-electron chi connectivity index (χ3n) is 5.28. The maximum atomic E-state index is 13.0. The smallest absolute Gasteiger partial charge is 0.241 e. The molecule has 4 rings (SSSR count). The van der Waals surface area contributed by atoms with Gasteiger partial charge in [-0.1, -0.05) is 41.0 Å². The molecule has 2 aromatic carbocycles. The van der Waals surface area contributed by atoms with Crippen LogP contribution in [0.2, 0.25) is 5.02 Å². The second kappa shape index (κ2) is 9.36. The van der Waals surface area contributed by atoms with E-state index in [2.05, 4.69) is 20.4 Å². The molecule has 1 aromatic heterocycles. The lowest BCUT2D eigenvalue weighted by atomic mass is 9.96. The normalized spacial score (nSPS) is 15.3. The fraction of sp³-hybridized carbons (Fsp3) is 0.318. The molecule has 0 atom stereocenters. The molecule has 6 nitrogen and oxygen atoms in total. The van der Waals surface area contributed by atoms with Crippen LogP contribution < -0.4 is 5.32 Å². The standard InChI is InChI=1S/C22H22ClFN4O2/c23-19-4-2-1-3-18(19)21-26-20(30-27-21)14-28-11-9-16(10-12-28)22(29)25-13-15-5-7-17(24)8-6-15/h1-8,16H,9-14H2,(H,25,29). The van der Waals surface area contributed by atoms with E-state index in [0.717, 1.165) is 37.1 Å². The Hall–Kier alpha value is -2.77. The predicted molar refractivity (Wildman–Crippen MR) is 111 cm³/mol. The maximum Gasteiger partial charge on any atom is 0.241 e. The van der Waals surface area contributed by atoms with E-state index in [1.165, 1.54) is 12.1 Å². The summed E-state index contributed by atoms with van der Waals surface area (Å²) in [6.45, 7) is 2.50. The van der Waals surface area contributed by atoms with E-state index in [0.29, 0.717) is 29.8 Å². The Bertz CT molecular complexity index is 1000. The molecule has 8 heteroatoms. The number of amides is 1. The summed E-state index contributed by atoms with van der Waals surface area (Å²) in [7, 11) is 0. The summed E-state index contributed by atoms with van der Waals surface area (Å²) in [4.78, 5) is 19.1. The Morgan fingerprint density at radius 2 is 1.90 bits per heavy atom. The van der Waals surface area contributed by atoms with Crippen molar-refractivity contribution in [1.29, 1.82) is 0 Å². The summed E-state index contributed by atoms with van der Waals surface area (Å²) >= 11 is 6.19. The average molecular weight is 429 g/mol. The van der Waals surface area contributed by atoms with Gasteiger partial charge in [-0.3, -0.25) is 9.69 Å². The Kier molecular flexibility index (Phi) is 6.40. The zero-order chi connectivity index (χ0) is 20.9. The minimum absolute atomic E-state index is 0.0249. The molecule has 0 spiro atoms. The molecule has 0 radical (unpaired) electrons. The number of carbonyl (C=O) groups is 1. The number of carbonyl (C=O) groups excluding carboxylic acids is 1. The summed E-state index contributed by atoms with van der Waals surface area (Å²) in [5.74, 6) is 0.744. The summed E-state index contributed by atoms with van der Waals surface area (Å²) < 4.78 is 18.3. The zero-order valence-corrected chi connectivity index (χ0v) is 17.1. The molecule has 30 heavy (non-hydrogen) atoms. The Morgan fingerprint density at radius 1 is 1.17 bits per heavy atom. The molecular weight excluding hydrogens is 407 g/mol. The second-order valence-electron chi connectivity index (χ2n) is 7.39. The highest BCUT2D eigenvalue weighted by molar-refractivity contribution is 6.33. The molecule has 1 saturated heterocycles. The van der Waals surface area contributed by atoms with Crippen molar-refractivity contribution >= 4 is 17.5 Å². The van der Waals surface area contributed by atoms with Gasteiger partial charge >= 0.3 is 0 Å². The number of nitrogens with one attached hydrogen (secondary N) is 1. The van der Waals surface area contributed by atoms with Gasteiger partial charge in [-0.05, 0) is 55.8 Å². The van der Waals surface area contributed by atoms with Crippen LogP contribution in [0.15, 0.2) is 53.1 Å². The maximum absolute atomic E-state index is 13.0. The van der Waals surface area contributed by atoms with E-state index in [1.54, 1.807) is 18.2 Å². The van der Waals surface area contributed by atoms with Crippen molar-refractivity contribution in [2.45, 2.75) is 25.9 Å². The number of nitrogens with zero attached hydrogens (tertiary/aromatic N) is 3. The van der Waals surface area contributed by atoms with Crippen LogP contribution in [0.25, 0.3) is 11.4 Å². The topological polar surface area (TPSA) is 71.3 Å². The molecule has 3 aromatic rings. The fourth-order valence-electron chi connectivity index (χ4n) is 3.55. The second-order valence-corrected chi connectivity index (χ2v) is 7.79. The van der Waals surface area contributed by atoms with E-state index < -0.39 is 0 Å². The molecule has 2 heterocycles. The van der Waals surface area contributed by atoms with E-state index >= 15 is 0 Å². The molecule has 1 N–H and O–H groups in total.